The molecule has 0 saturated heterocycles. The van der Waals surface area contributed by atoms with Crippen molar-refractivity contribution in [2.75, 3.05) is 0 Å². The molecule has 2 heterocycles. The molecule has 0 aliphatic heterocycles. The standard InChI is InChI=1S/C10H11ClN2OS/c1-2-13-6-7(5-12-13)9(14)10-8(11)3-4-15-10/h3-6,9,14H,2H2,1H3. The molecule has 1 N–H and O–H groups in total. The van der Waals surface area contributed by atoms with Gasteiger partial charge in [0.2, 0.25) is 0 Å². The number of nitrogens with zero attached hydrogens (tertiary/aromatic N) is 2. The average Bonchev–Trinajstić information content (AvgIpc) is 2.84. The molecule has 0 radical (unpaired) electrons. The molecule has 15 heavy (non-hydrogen) atoms. The summed E-state index contributed by atoms with van der Waals surface area (Å²) in [6, 6.07) is 1.79. The minimum Gasteiger partial charge on any atom is -0.383 e. The van der Waals surface area contributed by atoms with Crippen LogP contribution in [0.25, 0.3) is 0 Å². The maximum absolute atomic E-state index is 10.0. The van der Waals surface area contributed by atoms with Crippen molar-refractivity contribution in [3.63, 3.8) is 0 Å². The number of hydrogen-bond acceptors (Lipinski definition) is 3. The van der Waals surface area contributed by atoms with Gasteiger partial charge in [0.05, 0.1) is 16.1 Å². The second kappa shape index (κ2) is 4.35. The third kappa shape index (κ3) is 2.07. The lowest BCUT2D eigenvalue weighted by Gasteiger charge is -2.05. The van der Waals surface area contributed by atoms with E-state index in [-0.39, 0.29) is 0 Å². The van der Waals surface area contributed by atoms with Gasteiger partial charge in [0.15, 0.2) is 0 Å². The van der Waals surface area contributed by atoms with Crippen LogP contribution in [-0.2, 0) is 6.54 Å². The molecule has 2 rings (SSSR count). The molecule has 0 fully saturated rings. The molecule has 0 aromatic carbocycles. The van der Waals surface area contributed by atoms with Crippen LogP contribution in [0, 0.1) is 0 Å². The SMILES string of the molecule is CCn1cc(C(O)c2sccc2Cl)cn1. The summed E-state index contributed by atoms with van der Waals surface area (Å²) in [7, 11) is 0. The molecule has 1 atom stereocenters. The van der Waals surface area contributed by atoms with Gasteiger partial charge in [0.25, 0.3) is 0 Å². The largest absolute Gasteiger partial charge is 0.383 e. The third-order valence-electron chi connectivity index (χ3n) is 2.19. The number of halogens is 1. The van der Waals surface area contributed by atoms with E-state index in [0.717, 1.165) is 17.0 Å². The van der Waals surface area contributed by atoms with Crippen LogP contribution in [-0.4, -0.2) is 14.9 Å². The van der Waals surface area contributed by atoms with Crippen molar-refractivity contribution in [2.24, 2.45) is 0 Å². The third-order valence-corrected chi connectivity index (χ3v) is 3.60. The van der Waals surface area contributed by atoms with Crippen LogP contribution in [0.5, 0.6) is 0 Å². The number of hydrogen-bond donors (Lipinski definition) is 1. The molecular formula is C10H11ClN2OS. The highest BCUT2D eigenvalue weighted by Gasteiger charge is 2.16. The summed E-state index contributed by atoms with van der Waals surface area (Å²) in [6.45, 7) is 2.80. The quantitative estimate of drug-likeness (QED) is 0.899. The molecule has 2 aromatic rings. The highest BCUT2D eigenvalue weighted by Crippen LogP contribution is 2.32. The highest BCUT2D eigenvalue weighted by molar-refractivity contribution is 7.10. The number of aliphatic hydroxyl groups excluding tert-OH is 1. The second-order valence-corrected chi connectivity index (χ2v) is 4.52. The van der Waals surface area contributed by atoms with E-state index in [0.29, 0.717) is 5.02 Å². The molecule has 0 aliphatic rings. The summed E-state index contributed by atoms with van der Waals surface area (Å²) in [5.74, 6) is 0. The van der Waals surface area contributed by atoms with Gasteiger partial charge in [0.1, 0.15) is 6.10 Å². The Morgan fingerprint density at radius 2 is 2.47 bits per heavy atom. The van der Waals surface area contributed by atoms with Gasteiger partial charge in [-0.15, -0.1) is 11.3 Å². The van der Waals surface area contributed by atoms with Gasteiger partial charge in [-0.25, -0.2) is 0 Å². The normalized spacial score (nSPS) is 13.0. The zero-order valence-electron chi connectivity index (χ0n) is 8.22. The van der Waals surface area contributed by atoms with Crippen LogP contribution < -0.4 is 0 Å². The van der Waals surface area contributed by atoms with Gasteiger partial charge in [0, 0.05) is 18.3 Å². The number of aryl methyl sites for hydroxylation is 1. The van der Waals surface area contributed by atoms with E-state index in [1.54, 1.807) is 16.9 Å². The van der Waals surface area contributed by atoms with Crippen LogP contribution in [0.2, 0.25) is 5.02 Å². The maximum Gasteiger partial charge on any atom is 0.118 e. The summed E-state index contributed by atoms with van der Waals surface area (Å²) in [4.78, 5) is 0.771. The Morgan fingerprint density at radius 3 is 3.00 bits per heavy atom. The molecule has 1 unspecified atom stereocenters. The molecule has 0 spiro atoms. The Bertz CT molecular complexity index is 452. The molecule has 0 bridgehead atoms. The topological polar surface area (TPSA) is 38.0 Å². The Morgan fingerprint density at radius 1 is 1.67 bits per heavy atom. The van der Waals surface area contributed by atoms with Crippen LogP contribution in [0.15, 0.2) is 23.8 Å². The highest BCUT2D eigenvalue weighted by atomic mass is 35.5. The molecule has 2 aromatic heterocycles. The lowest BCUT2D eigenvalue weighted by atomic mass is 10.2. The van der Waals surface area contributed by atoms with Gasteiger partial charge >= 0.3 is 0 Å². The van der Waals surface area contributed by atoms with Gasteiger partial charge in [-0.2, -0.15) is 5.10 Å². The van der Waals surface area contributed by atoms with Crippen molar-refractivity contribution in [3.05, 3.63) is 39.3 Å². The Kier molecular flexibility index (Phi) is 3.09. The first-order chi connectivity index (χ1) is 7.22. The summed E-state index contributed by atoms with van der Waals surface area (Å²) < 4.78 is 1.78. The van der Waals surface area contributed by atoms with Crippen molar-refractivity contribution in [2.45, 2.75) is 19.6 Å². The predicted octanol–water partition coefficient (Wildman–Crippen LogP) is 2.70. The first-order valence-electron chi connectivity index (χ1n) is 4.65. The lowest BCUT2D eigenvalue weighted by molar-refractivity contribution is 0.224. The van der Waals surface area contributed by atoms with E-state index in [9.17, 15) is 5.11 Å². The fourth-order valence-corrected chi connectivity index (χ4v) is 2.52. The van der Waals surface area contributed by atoms with Crippen molar-refractivity contribution >= 4 is 22.9 Å². The van der Waals surface area contributed by atoms with Gasteiger partial charge in [-0.3, -0.25) is 4.68 Å². The monoisotopic (exact) mass is 242 g/mol. The summed E-state index contributed by atoms with van der Waals surface area (Å²) in [6.07, 6.45) is 2.84. The molecule has 0 saturated carbocycles. The minimum atomic E-state index is -0.669. The summed E-state index contributed by atoms with van der Waals surface area (Å²) >= 11 is 7.40. The van der Waals surface area contributed by atoms with Crippen LogP contribution in [0.4, 0.5) is 0 Å². The zero-order chi connectivity index (χ0) is 10.8. The van der Waals surface area contributed by atoms with Crippen LogP contribution in [0.1, 0.15) is 23.5 Å². The average molecular weight is 243 g/mol. The fraction of sp³-hybridized carbons (Fsp3) is 0.300. The molecule has 5 heteroatoms. The Hall–Kier alpha value is -0.840. The first kappa shape index (κ1) is 10.7. The van der Waals surface area contributed by atoms with E-state index < -0.39 is 6.10 Å². The zero-order valence-corrected chi connectivity index (χ0v) is 9.79. The minimum absolute atomic E-state index is 0.608. The second-order valence-electron chi connectivity index (χ2n) is 3.16. The van der Waals surface area contributed by atoms with Crippen molar-refractivity contribution < 1.29 is 5.11 Å². The predicted molar refractivity (Wildman–Crippen MR) is 61.3 cm³/mol. The smallest absolute Gasteiger partial charge is 0.118 e. The molecular weight excluding hydrogens is 232 g/mol. The van der Waals surface area contributed by atoms with Gasteiger partial charge < -0.3 is 5.11 Å². The molecule has 0 aliphatic carbocycles. The van der Waals surface area contributed by atoms with Crippen molar-refractivity contribution in [1.29, 1.82) is 0 Å². The van der Waals surface area contributed by atoms with E-state index in [2.05, 4.69) is 5.10 Å². The number of rotatable bonds is 3. The Balaban J connectivity index is 2.28. The number of thiophene rings is 1. The molecule has 80 valence electrons. The van der Waals surface area contributed by atoms with Crippen LogP contribution in [0.3, 0.4) is 0 Å². The van der Waals surface area contributed by atoms with E-state index in [1.165, 1.54) is 11.3 Å². The fourth-order valence-electron chi connectivity index (χ4n) is 1.35. The van der Waals surface area contributed by atoms with Crippen molar-refractivity contribution in [1.82, 2.24) is 9.78 Å². The van der Waals surface area contributed by atoms with E-state index >= 15 is 0 Å². The molecule has 3 nitrogen and oxygen atoms in total. The maximum atomic E-state index is 10.0. The first-order valence-corrected chi connectivity index (χ1v) is 5.91. The van der Waals surface area contributed by atoms with Crippen molar-refractivity contribution in [3.8, 4) is 0 Å². The Labute approximate surface area is 96.9 Å². The lowest BCUT2D eigenvalue weighted by Crippen LogP contribution is -1.96. The summed E-state index contributed by atoms with van der Waals surface area (Å²) in [5.41, 5.74) is 0.779. The number of aromatic nitrogens is 2. The summed E-state index contributed by atoms with van der Waals surface area (Å²) in [5, 5.41) is 16.6. The van der Waals surface area contributed by atoms with E-state index in [1.807, 2.05) is 18.5 Å². The van der Waals surface area contributed by atoms with E-state index in [4.69, 9.17) is 11.6 Å². The molecule has 0 amide bonds. The number of aliphatic hydroxyl groups is 1. The van der Waals surface area contributed by atoms with Gasteiger partial charge in [-0.05, 0) is 18.4 Å². The van der Waals surface area contributed by atoms with Crippen LogP contribution >= 0.6 is 22.9 Å². The van der Waals surface area contributed by atoms with Gasteiger partial charge in [-0.1, -0.05) is 11.6 Å².